The molecule has 0 spiro atoms. The molecule has 0 amide bonds. The molecule has 0 bridgehead atoms. The standard InChI is InChI=1S/C10H12N4O2/c1-6-4-11-10-12-8(13-14(10)5-6)3-7(2)9(15)16/h4-5,7H,3H2,1-2H3,(H,15,16). The van der Waals surface area contributed by atoms with Crippen molar-refractivity contribution in [1.82, 2.24) is 19.6 Å². The number of carboxylic acid groups (broad SMARTS) is 1. The van der Waals surface area contributed by atoms with Crippen molar-refractivity contribution in [1.29, 1.82) is 0 Å². The predicted molar refractivity (Wildman–Crippen MR) is 56.0 cm³/mol. The van der Waals surface area contributed by atoms with E-state index in [0.717, 1.165) is 5.56 Å². The van der Waals surface area contributed by atoms with Gasteiger partial charge in [-0.25, -0.2) is 9.50 Å². The lowest BCUT2D eigenvalue weighted by Gasteiger charge is -2.00. The Kier molecular flexibility index (Phi) is 2.55. The fourth-order valence-electron chi connectivity index (χ4n) is 1.37. The summed E-state index contributed by atoms with van der Waals surface area (Å²) in [7, 11) is 0. The molecule has 0 aromatic carbocycles. The van der Waals surface area contributed by atoms with Crippen LogP contribution in [-0.2, 0) is 11.2 Å². The Hall–Kier alpha value is -1.98. The van der Waals surface area contributed by atoms with Gasteiger partial charge in [0.25, 0.3) is 5.78 Å². The highest BCUT2D eigenvalue weighted by Crippen LogP contribution is 2.06. The van der Waals surface area contributed by atoms with Crippen LogP contribution in [0.5, 0.6) is 0 Å². The topological polar surface area (TPSA) is 80.4 Å². The van der Waals surface area contributed by atoms with Gasteiger partial charge in [-0.1, -0.05) is 6.92 Å². The van der Waals surface area contributed by atoms with Crippen molar-refractivity contribution in [2.45, 2.75) is 20.3 Å². The van der Waals surface area contributed by atoms with E-state index in [1.807, 2.05) is 13.1 Å². The molecule has 2 heterocycles. The van der Waals surface area contributed by atoms with E-state index >= 15 is 0 Å². The van der Waals surface area contributed by atoms with Gasteiger partial charge in [-0.15, -0.1) is 5.10 Å². The van der Waals surface area contributed by atoms with E-state index < -0.39 is 11.9 Å². The molecule has 0 saturated carbocycles. The Balaban J connectivity index is 2.29. The number of carboxylic acids is 1. The number of aryl methyl sites for hydroxylation is 1. The highest BCUT2D eigenvalue weighted by molar-refractivity contribution is 5.69. The van der Waals surface area contributed by atoms with E-state index in [0.29, 0.717) is 18.0 Å². The second-order valence-electron chi connectivity index (χ2n) is 3.85. The minimum atomic E-state index is -0.844. The molecular formula is C10H12N4O2. The molecule has 0 saturated heterocycles. The third-order valence-corrected chi connectivity index (χ3v) is 2.28. The zero-order valence-electron chi connectivity index (χ0n) is 9.08. The molecule has 0 aliphatic carbocycles. The smallest absolute Gasteiger partial charge is 0.306 e. The van der Waals surface area contributed by atoms with Gasteiger partial charge in [0, 0.05) is 18.8 Å². The first-order chi connectivity index (χ1) is 7.56. The molecule has 2 rings (SSSR count). The summed E-state index contributed by atoms with van der Waals surface area (Å²) in [6, 6.07) is 0. The van der Waals surface area contributed by atoms with Gasteiger partial charge >= 0.3 is 5.97 Å². The van der Waals surface area contributed by atoms with Crippen LogP contribution in [0.25, 0.3) is 5.78 Å². The fraction of sp³-hybridized carbons (Fsp3) is 0.400. The van der Waals surface area contributed by atoms with Crippen LogP contribution in [0.4, 0.5) is 0 Å². The highest BCUT2D eigenvalue weighted by atomic mass is 16.4. The molecule has 2 aromatic rings. The zero-order valence-corrected chi connectivity index (χ0v) is 9.08. The van der Waals surface area contributed by atoms with Gasteiger partial charge in [0.1, 0.15) is 0 Å². The highest BCUT2D eigenvalue weighted by Gasteiger charge is 2.15. The molecule has 1 N–H and O–H groups in total. The number of aliphatic carboxylic acids is 1. The Labute approximate surface area is 92.0 Å². The van der Waals surface area contributed by atoms with Crippen LogP contribution in [0.3, 0.4) is 0 Å². The summed E-state index contributed by atoms with van der Waals surface area (Å²) in [6.07, 6.45) is 3.83. The molecule has 0 aliphatic heterocycles. The van der Waals surface area contributed by atoms with Crippen LogP contribution in [0.15, 0.2) is 12.4 Å². The number of carbonyl (C=O) groups is 1. The van der Waals surface area contributed by atoms with E-state index in [1.54, 1.807) is 17.6 Å². The second-order valence-corrected chi connectivity index (χ2v) is 3.85. The van der Waals surface area contributed by atoms with Gasteiger partial charge in [-0.3, -0.25) is 4.79 Å². The van der Waals surface area contributed by atoms with Crippen molar-refractivity contribution in [2.24, 2.45) is 5.92 Å². The summed E-state index contributed by atoms with van der Waals surface area (Å²) in [4.78, 5) is 18.9. The van der Waals surface area contributed by atoms with Gasteiger partial charge in [-0.2, -0.15) is 4.98 Å². The average Bonchev–Trinajstić information content (AvgIpc) is 2.58. The maximum atomic E-state index is 10.7. The Morgan fingerprint density at radius 3 is 3.06 bits per heavy atom. The summed E-state index contributed by atoms with van der Waals surface area (Å²) in [5, 5.41) is 13.0. The minimum Gasteiger partial charge on any atom is -0.481 e. The van der Waals surface area contributed by atoms with Crippen LogP contribution >= 0.6 is 0 Å². The maximum absolute atomic E-state index is 10.7. The monoisotopic (exact) mass is 220 g/mol. The van der Waals surface area contributed by atoms with Gasteiger partial charge in [0.05, 0.1) is 5.92 Å². The Morgan fingerprint density at radius 2 is 2.38 bits per heavy atom. The molecule has 0 aliphatic rings. The molecule has 0 fully saturated rings. The third-order valence-electron chi connectivity index (χ3n) is 2.28. The molecule has 1 atom stereocenters. The maximum Gasteiger partial charge on any atom is 0.306 e. The molecule has 84 valence electrons. The van der Waals surface area contributed by atoms with Crippen LogP contribution in [0.2, 0.25) is 0 Å². The first kappa shape index (κ1) is 10.5. The van der Waals surface area contributed by atoms with Gasteiger partial charge in [0.2, 0.25) is 0 Å². The fourth-order valence-corrected chi connectivity index (χ4v) is 1.37. The number of hydrogen-bond acceptors (Lipinski definition) is 4. The molecule has 6 heteroatoms. The second kappa shape index (κ2) is 3.88. The zero-order chi connectivity index (χ0) is 11.7. The molecular weight excluding hydrogens is 208 g/mol. The normalized spacial score (nSPS) is 12.9. The molecule has 0 radical (unpaired) electrons. The number of aromatic nitrogens is 4. The lowest BCUT2D eigenvalue weighted by molar-refractivity contribution is -0.141. The summed E-state index contributed by atoms with van der Waals surface area (Å²) >= 11 is 0. The number of hydrogen-bond donors (Lipinski definition) is 1. The molecule has 1 unspecified atom stereocenters. The largest absolute Gasteiger partial charge is 0.481 e. The van der Waals surface area contributed by atoms with Crippen LogP contribution in [0, 0.1) is 12.8 Å². The molecule has 6 nitrogen and oxygen atoms in total. The van der Waals surface area contributed by atoms with Gasteiger partial charge < -0.3 is 5.11 Å². The van der Waals surface area contributed by atoms with E-state index in [-0.39, 0.29) is 0 Å². The van der Waals surface area contributed by atoms with E-state index in [4.69, 9.17) is 5.11 Å². The minimum absolute atomic E-state index is 0.317. The van der Waals surface area contributed by atoms with Crippen molar-refractivity contribution in [3.8, 4) is 0 Å². The van der Waals surface area contributed by atoms with Gasteiger partial charge in [-0.05, 0) is 12.5 Å². The predicted octanol–water partition coefficient (Wildman–Crippen LogP) is 0.696. The third kappa shape index (κ3) is 2.00. The number of nitrogens with zero attached hydrogens (tertiary/aromatic N) is 4. The summed E-state index contributed by atoms with van der Waals surface area (Å²) < 4.78 is 1.57. The van der Waals surface area contributed by atoms with Crippen molar-refractivity contribution in [3.63, 3.8) is 0 Å². The van der Waals surface area contributed by atoms with Crippen LogP contribution < -0.4 is 0 Å². The summed E-state index contributed by atoms with van der Waals surface area (Å²) in [6.45, 7) is 3.54. The first-order valence-corrected chi connectivity index (χ1v) is 4.97. The number of fused-ring (bicyclic) bond motifs is 1. The molecule has 16 heavy (non-hydrogen) atoms. The lowest BCUT2D eigenvalue weighted by atomic mass is 10.1. The SMILES string of the molecule is Cc1cnc2nc(CC(C)C(=O)O)nn2c1. The van der Waals surface area contributed by atoms with E-state index in [2.05, 4.69) is 15.1 Å². The van der Waals surface area contributed by atoms with Crippen molar-refractivity contribution >= 4 is 11.7 Å². The van der Waals surface area contributed by atoms with E-state index in [1.165, 1.54) is 0 Å². The van der Waals surface area contributed by atoms with Crippen LogP contribution in [-0.4, -0.2) is 30.7 Å². The van der Waals surface area contributed by atoms with E-state index in [9.17, 15) is 4.79 Å². The Morgan fingerprint density at radius 1 is 1.62 bits per heavy atom. The first-order valence-electron chi connectivity index (χ1n) is 4.97. The average molecular weight is 220 g/mol. The van der Waals surface area contributed by atoms with Crippen molar-refractivity contribution in [2.75, 3.05) is 0 Å². The summed E-state index contributed by atoms with van der Waals surface area (Å²) in [5.74, 6) is -0.326. The Bertz CT molecular complexity index is 535. The number of rotatable bonds is 3. The van der Waals surface area contributed by atoms with Crippen molar-refractivity contribution < 1.29 is 9.90 Å². The van der Waals surface area contributed by atoms with Crippen LogP contribution in [0.1, 0.15) is 18.3 Å². The summed E-state index contributed by atoms with van der Waals surface area (Å²) in [5.41, 5.74) is 0.982. The lowest BCUT2D eigenvalue weighted by Crippen LogP contribution is -2.13. The van der Waals surface area contributed by atoms with Crippen molar-refractivity contribution in [3.05, 3.63) is 23.8 Å². The molecule has 2 aromatic heterocycles. The van der Waals surface area contributed by atoms with Gasteiger partial charge in [0.15, 0.2) is 5.82 Å². The quantitative estimate of drug-likeness (QED) is 0.823.